The molecule has 0 aliphatic carbocycles. The van der Waals surface area contributed by atoms with Gasteiger partial charge in [0.15, 0.2) is 6.29 Å². The summed E-state index contributed by atoms with van der Waals surface area (Å²) in [5, 5.41) is 35.3. The maximum atomic E-state index is 8.88. The Morgan fingerprint density at radius 1 is 1.00 bits per heavy atom. The van der Waals surface area contributed by atoms with Crippen LogP contribution in [-0.4, -0.2) is 51.6 Å². The van der Waals surface area contributed by atoms with Crippen LogP contribution in [0.2, 0.25) is 0 Å². The molecule has 1 saturated heterocycles. The van der Waals surface area contributed by atoms with Crippen LogP contribution < -0.4 is 0 Å². The summed E-state index contributed by atoms with van der Waals surface area (Å²) in [6.45, 7) is -0.153. The van der Waals surface area contributed by atoms with E-state index in [9.17, 15) is 0 Å². The average molecular weight is 150 g/mol. The second-order valence-corrected chi connectivity index (χ2v) is 2.27. The molecule has 4 atom stereocenters. The third-order valence-corrected chi connectivity index (χ3v) is 1.47. The van der Waals surface area contributed by atoms with Crippen LogP contribution in [0.5, 0.6) is 0 Å². The van der Waals surface area contributed by atoms with Gasteiger partial charge in [-0.15, -0.1) is 0 Å². The topological polar surface area (TPSA) is 90.2 Å². The minimum Gasteiger partial charge on any atom is -0.388 e. The Labute approximate surface area is 57.5 Å². The molecule has 1 aliphatic rings. The molecule has 0 aromatic carbocycles. The van der Waals surface area contributed by atoms with Gasteiger partial charge in [-0.3, -0.25) is 0 Å². The third-order valence-electron chi connectivity index (χ3n) is 1.47. The lowest BCUT2D eigenvalue weighted by molar-refractivity contribution is -0.252. The van der Waals surface area contributed by atoms with Crippen molar-refractivity contribution in [1.82, 2.24) is 0 Å². The Hall–Kier alpha value is -0.200. The zero-order valence-corrected chi connectivity index (χ0v) is 5.21. The highest BCUT2D eigenvalue weighted by Gasteiger charge is 2.36. The molecule has 0 spiro atoms. The van der Waals surface area contributed by atoms with E-state index in [-0.39, 0.29) is 6.61 Å². The van der Waals surface area contributed by atoms with E-state index in [0.717, 1.165) is 0 Å². The first-order valence-electron chi connectivity index (χ1n) is 2.97. The second-order valence-electron chi connectivity index (χ2n) is 2.27. The van der Waals surface area contributed by atoms with Crippen molar-refractivity contribution in [1.29, 1.82) is 0 Å². The molecule has 0 radical (unpaired) electrons. The van der Waals surface area contributed by atoms with Crippen molar-refractivity contribution < 1.29 is 25.2 Å². The van der Waals surface area contributed by atoms with Crippen molar-refractivity contribution in [2.75, 3.05) is 6.61 Å². The molecule has 1 fully saturated rings. The van der Waals surface area contributed by atoms with Crippen molar-refractivity contribution in [3.05, 3.63) is 0 Å². The van der Waals surface area contributed by atoms with Crippen molar-refractivity contribution in [3.63, 3.8) is 0 Å². The summed E-state index contributed by atoms with van der Waals surface area (Å²) < 4.78 is 4.47. The number of ether oxygens (including phenoxy) is 1. The molecule has 0 bridgehead atoms. The van der Waals surface area contributed by atoms with Crippen molar-refractivity contribution in [2.24, 2.45) is 0 Å². The maximum absolute atomic E-state index is 8.88. The van der Waals surface area contributed by atoms with E-state index in [4.69, 9.17) is 20.4 Å². The van der Waals surface area contributed by atoms with E-state index in [1.165, 1.54) is 0 Å². The van der Waals surface area contributed by atoms with Gasteiger partial charge in [0.25, 0.3) is 0 Å². The summed E-state index contributed by atoms with van der Waals surface area (Å²) in [5.41, 5.74) is 0. The highest BCUT2D eigenvalue weighted by atomic mass is 16.6. The van der Waals surface area contributed by atoms with E-state index >= 15 is 0 Å². The van der Waals surface area contributed by atoms with Crippen LogP contribution in [0, 0.1) is 0 Å². The smallest absolute Gasteiger partial charge is 0.183 e. The van der Waals surface area contributed by atoms with Crippen LogP contribution in [0.15, 0.2) is 0 Å². The van der Waals surface area contributed by atoms with E-state index < -0.39 is 24.6 Å². The van der Waals surface area contributed by atoms with Crippen LogP contribution >= 0.6 is 0 Å². The standard InChI is InChI=1S/C5H10O5/c6-2-1-10-5(9)4(8)3(2)7/h2-9H,1H2/t2?,3-,4+,5?/m1/s1. The molecule has 0 aromatic rings. The zero-order chi connectivity index (χ0) is 7.72. The fraction of sp³-hybridized carbons (Fsp3) is 1.00. The predicted octanol–water partition coefficient (Wildman–Crippen LogP) is -2.58. The summed E-state index contributed by atoms with van der Waals surface area (Å²) in [5.74, 6) is 0. The normalized spacial score (nSPS) is 49.2. The first-order valence-corrected chi connectivity index (χ1v) is 2.97. The van der Waals surface area contributed by atoms with E-state index in [1.807, 2.05) is 0 Å². The van der Waals surface area contributed by atoms with Crippen LogP contribution in [0.25, 0.3) is 0 Å². The molecule has 0 amide bonds. The molecular formula is C5H10O5. The first-order chi connectivity index (χ1) is 4.63. The molecule has 0 saturated carbocycles. The van der Waals surface area contributed by atoms with Crippen molar-refractivity contribution >= 4 is 0 Å². The highest BCUT2D eigenvalue weighted by Crippen LogP contribution is 2.12. The number of hydrogen-bond donors (Lipinski definition) is 4. The van der Waals surface area contributed by atoms with Gasteiger partial charge >= 0.3 is 0 Å². The van der Waals surface area contributed by atoms with Crippen molar-refractivity contribution in [2.45, 2.75) is 24.6 Å². The first kappa shape index (κ1) is 7.90. The molecule has 1 rings (SSSR count). The summed E-state index contributed by atoms with van der Waals surface area (Å²) in [6, 6.07) is 0. The maximum Gasteiger partial charge on any atom is 0.183 e. The lowest BCUT2D eigenvalue weighted by Crippen LogP contribution is -2.52. The Kier molecular flexibility index (Phi) is 2.22. The number of aliphatic hydroxyl groups excluding tert-OH is 4. The van der Waals surface area contributed by atoms with Crippen LogP contribution in [0.4, 0.5) is 0 Å². The van der Waals surface area contributed by atoms with Gasteiger partial charge in [0.2, 0.25) is 0 Å². The van der Waals surface area contributed by atoms with Gasteiger partial charge in [-0.05, 0) is 0 Å². The summed E-state index contributed by atoms with van der Waals surface area (Å²) >= 11 is 0. The fourth-order valence-corrected chi connectivity index (χ4v) is 0.791. The largest absolute Gasteiger partial charge is 0.388 e. The Bertz CT molecular complexity index is 103. The molecular weight excluding hydrogens is 140 g/mol. The van der Waals surface area contributed by atoms with E-state index in [2.05, 4.69) is 4.74 Å². The van der Waals surface area contributed by atoms with E-state index in [0.29, 0.717) is 0 Å². The molecule has 60 valence electrons. The molecule has 4 N–H and O–H groups in total. The average Bonchev–Trinajstić information content (AvgIpc) is 1.93. The molecule has 2 unspecified atom stereocenters. The molecule has 1 aliphatic heterocycles. The lowest BCUT2D eigenvalue weighted by Gasteiger charge is -2.31. The number of rotatable bonds is 0. The summed E-state index contributed by atoms with van der Waals surface area (Å²) in [6.07, 6.45) is -5.23. The second kappa shape index (κ2) is 2.81. The monoisotopic (exact) mass is 150 g/mol. The van der Waals surface area contributed by atoms with Gasteiger partial charge in [-0.1, -0.05) is 0 Å². The van der Waals surface area contributed by atoms with Crippen LogP contribution in [-0.2, 0) is 4.74 Å². The van der Waals surface area contributed by atoms with Gasteiger partial charge in [-0.25, -0.2) is 0 Å². The SMILES string of the molecule is OC1COC(O)[C@@H](O)[C@@H]1O. The van der Waals surface area contributed by atoms with Crippen LogP contribution in [0.3, 0.4) is 0 Å². The molecule has 1 heterocycles. The Morgan fingerprint density at radius 2 is 1.60 bits per heavy atom. The zero-order valence-electron chi connectivity index (χ0n) is 5.21. The van der Waals surface area contributed by atoms with Gasteiger partial charge in [0.05, 0.1) is 6.61 Å². The summed E-state index contributed by atoms with van der Waals surface area (Å²) in [4.78, 5) is 0. The third kappa shape index (κ3) is 1.28. The quantitative estimate of drug-likeness (QED) is 0.304. The molecule has 10 heavy (non-hydrogen) atoms. The fourth-order valence-electron chi connectivity index (χ4n) is 0.791. The highest BCUT2D eigenvalue weighted by molar-refractivity contribution is 4.81. The Morgan fingerprint density at radius 3 is 2.10 bits per heavy atom. The van der Waals surface area contributed by atoms with E-state index in [1.54, 1.807) is 0 Å². The lowest BCUT2D eigenvalue weighted by atomic mass is 10.1. The Balaban J connectivity index is 2.52. The van der Waals surface area contributed by atoms with Gasteiger partial charge < -0.3 is 25.2 Å². The minimum atomic E-state index is -1.41. The molecule has 5 nitrogen and oxygen atoms in total. The molecule has 0 aromatic heterocycles. The summed E-state index contributed by atoms with van der Waals surface area (Å²) in [7, 11) is 0. The number of hydrogen-bond acceptors (Lipinski definition) is 5. The molecule has 5 heteroatoms. The van der Waals surface area contributed by atoms with Crippen molar-refractivity contribution in [3.8, 4) is 0 Å². The van der Waals surface area contributed by atoms with Gasteiger partial charge in [-0.2, -0.15) is 0 Å². The van der Waals surface area contributed by atoms with Crippen LogP contribution in [0.1, 0.15) is 0 Å². The minimum absolute atomic E-state index is 0.153. The van der Waals surface area contributed by atoms with Gasteiger partial charge in [0.1, 0.15) is 18.3 Å². The predicted molar refractivity (Wildman–Crippen MR) is 30.0 cm³/mol. The van der Waals surface area contributed by atoms with Gasteiger partial charge in [0, 0.05) is 0 Å². The number of aliphatic hydroxyl groups is 4.